The molecular weight excluding hydrogens is 914 g/mol. The lowest BCUT2D eigenvalue weighted by Gasteiger charge is -2.30. The average molecular weight is 947 g/mol. The number of carboxylic acids is 1. The van der Waals surface area contributed by atoms with Gasteiger partial charge < -0.3 is 19.9 Å². The number of esters is 2. The van der Waals surface area contributed by atoms with Crippen LogP contribution in [-0.4, -0.2) is 68.7 Å². The Morgan fingerprint density at radius 3 is 1.95 bits per heavy atom. The Morgan fingerprint density at radius 2 is 1.42 bits per heavy atom. The van der Waals surface area contributed by atoms with Crippen molar-refractivity contribution in [1.82, 2.24) is 20.2 Å². The van der Waals surface area contributed by atoms with Gasteiger partial charge in [-0.2, -0.15) is 0 Å². The van der Waals surface area contributed by atoms with Gasteiger partial charge in [-0.25, -0.2) is 28.3 Å². The maximum atomic E-state index is 13.6. The SMILES string of the molecule is CCOC(=O)C1=C(CCC(=O)O)NC(c2nccs2)=NC1c1ccc(F)cc1Br.CCOC(=O)C1=C2CCC(=O)N2C(c2nccs2)=NC1c1ccc(F)cc1Br. The van der Waals surface area contributed by atoms with Crippen molar-refractivity contribution in [3.05, 3.63) is 124 Å². The number of aromatic nitrogens is 2. The van der Waals surface area contributed by atoms with Crippen LogP contribution in [0.2, 0.25) is 0 Å². The Balaban J connectivity index is 0.000000193. The van der Waals surface area contributed by atoms with Crippen molar-refractivity contribution < 1.29 is 42.5 Å². The fourth-order valence-electron chi connectivity index (χ4n) is 6.25. The van der Waals surface area contributed by atoms with Gasteiger partial charge in [-0.1, -0.05) is 44.0 Å². The quantitative estimate of drug-likeness (QED) is 0.141. The first-order valence-corrected chi connectivity index (χ1v) is 20.7. The van der Waals surface area contributed by atoms with Gasteiger partial charge in [0, 0.05) is 49.9 Å². The summed E-state index contributed by atoms with van der Waals surface area (Å²) in [6.07, 6.45) is 3.83. The summed E-state index contributed by atoms with van der Waals surface area (Å²) in [4.78, 5) is 68.7. The molecule has 2 aromatic carbocycles. The molecule has 2 N–H and O–H groups in total. The Kier molecular flexibility index (Phi) is 13.5. The van der Waals surface area contributed by atoms with Crippen LogP contribution in [0.25, 0.3) is 0 Å². The number of rotatable bonds is 11. The molecule has 1 fully saturated rings. The highest BCUT2D eigenvalue weighted by Crippen LogP contribution is 2.43. The van der Waals surface area contributed by atoms with Crippen molar-refractivity contribution in [3.63, 3.8) is 0 Å². The maximum Gasteiger partial charge on any atom is 0.338 e. The van der Waals surface area contributed by atoms with E-state index in [0.29, 0.717) is 65.1 Å². The first-order chi connectivity index (χ1) is 27.4. The number of benzene rings is 2. The Labute approximate surface area is 349 Å². The van der Waals surface area contributed by atoms with Crippen molar-refractivity contribution >= 4 is 90.0 Å². The second-order valence-corrected chi connectivity index (χ2v) is 15.7. The predicted molar refractivity (Wildman–Crippen MR) is 214 cm³/mol. The van der Waals surface area contributed by atoms with Crippen molar-refractivity contribution in [1.29, 1.82) is 0 Å². The summed E-state index contributed by atoms with van der Waals surface area (Å²) in [5.41, 5.74) is 2.64. The van der Waals surface area contributed by atoms with Gasteiger partial charge in [-0.15, -0.1) is 22.7 Å². The van der Waals surface area contributed by atoms with Crippen molar-refractivity contribution in [2.75, 3.05) is 13.2 Å². The van der Waals surface area contributed by atoms with Gasteiger partial charge in [0.05, 0.1) is 30.8 Å². The zero-order chi connectivity index (χ0) is 40.8. The molecule has 0 bridgehead atoms. The lowest BCUT2D eigenvalue weighted by atomic mass is 9.94. The fourth-order valence-corrected chi connectivity index (χ4v) is 8.59. The number of aliphatic carboxylic acids is 1. The molecule has 2 aromatic heterocycles. The molecule has 0 spiro atoms. The van der Waals surface area contributed by atoms with Crippen LogP contribution in [0.4, 0.5) is 8.78 Å². The molecule has 2 atom stereocenters. The molecule has 13 nitrogen and oxygen atoms in total. The molecule has 57 heavy (non-hydrogen) atoms. The largest absolute Gasteiger partial charge is 0.481 e. The lowest BCUT2D eigenvalue weighted by molar-refractivity contribution is -0.140. The summed E-state index contributed by atoms with van der Waals surface area (Å²) in [6.45, 7) is 3.74. The van der Waals surface area contributed by atoms with Crippen LogP contribution in [-0.2, 0) is 28.7 Å². The molecule has 0 aliphatic carbocycles. The average Bonchev–Trinajstić information content (AvgIpc) is 3.98. The number of carbonyl (C=O) groups is 4. The molecule has 0 saturated carbocycles. The second-order valence-electron chi connectivity index (χ2n) is 12.2. The first-order valence-electron chi connectivity index (χ1n) is 17.4. The van der Waals surface area contributed by atoms with E-state index in [1.165, 1.54) is 57.9 Å². The van der Waals surface area contributed by atoms with Crippen LogP contribution in [0.15, 0.2) is 101 Å². The van der Waals surface area contributed by atoms with Crippen molar-refractivity contribution in [2.24, 2.45) is 9.98 Å². The van der Waals surface area contributed by atoms with E-state index >= 15 is 0 Å². The highest BCUT2D eigenvalue weighted by atomic mass is 79.9. The van der Waals surface area contributed by atoms with Crippen LogP contribution in [0.3, 0.4) is 0 Å². The van der Waals surface area contributed by atoms with E-state index in [-0.39, 0.29) is 44.0 Å². The van der Waals surface area contributed by atoms with Crippen LogP contribution in [0.5, 0.6) is 0 Å². The first kappa shape index (κ1) is 41.6. The second kappa shape index (κ2) is 18.5. The van der Waals surface area contributed by atoms with Gasteiger partial charge in [0.2, 0.25) is 5.91 Å². The van der Waals surface area contributed by atoms with Gasteiger partial charge in [-0.3, -0.25) is 24.5 Å². The molecule has 19 heteroatoms. The molecular formula is C38H32Br2F2N6O7S2. The smallest absolute Gasteiger partial charge is 0.338 e. The molecule has 3 aliphatic heterocycles. The summed E-state index contributed by atoms with van der Waals surface area (Å²) in [6, 6.07) is 6.78. The van der Waals surface area contributed by atoms with E-state index in [4.69, 9.17) is 19.6 Å². The highest BCUT2D eigenvalue weighted by molar-refractivity contribution is 9.10. The van der Waals surface area contributed by atoms with Crippen molar-refractivity contribution in [2.45, 2.75) is 51.6 Å². The van der Waals surface area contributed by atoms with Gasteiger partial charge >= 0.3 is 17.9 Å². The summed E-state index contributed by atoms with van der Waals surface area (Å²) in [5.74, 6) is -2.30. The zero-order valence-corrected chi connectivity index (χ0v) is 34.9. The normalized spacial score (nSPS) is 17.6. The van der Waals surface area contributed by atoms with Crippen molar-refractivity contribution in [3.8, 4) is 0 Å². The Morgan fingerprint density at radius 1 is 0.860 bits per heavy atom. The molecule has 1 saturated heterocycles. The number of hydrogen-bond acceptors (Lipinski definition) is 13. The van der Waals surface area contributed by atoms with Gasteiger partial charge in [0.1, 0.15) is 23.7 Å². The van der Waals surface area contributed by atoms with E-state index in [0.717, 1.165) is 0 Å². The van der Waals surface area contributed by atoms with E-state index in [9.17, 15) is 28.0 Å². The Bertz CT molecular complexity index is 2330. The predicted octanol–water partition coefficient (Wildman–Crippen LogP) is 7.80. The summed E-state index contributed by atoms with van der Waals surface area (Å²) < 4.78 is 38.6. The standard InChI is InChI=1S/C19H17BrFN3O4S.C19H15BrFN3O3S/c1-2-28-19(27)15-13(5-6-14(25)26)23-17(18-22-7-8-29-18)24-16(15)11-4-3-10(21)9-12(11)20;1-2-27-19(26)15-13-5-6-14(25)24(13)17(18-22-7-8-28-18)23-16(15)11-4-3-10(21)9-12(11)20/h3-4,7-9,16H,2,5-6H2,1H3,(H,23,24)(H,25,26);3-4,7-9,16H,2,5-6H2,1H3. The third kappa shape index (κ3) is 9.27. The molecule has 7 rings (SSSR count). The van der Waals surface area contributed by atoms with Gasteiger partial charge in [0.25, 0.3) is 0 Å². The number of hydrogen-bond donors (Lipinski definition) is 2. The third-order valence-electron chi connectivity index (χ3n) is 8.62. The number of ether oxygens (including phenoxy) is 2. The lowest BCUT2D eigenvalue weighted by Crippen LogP contribution is -2.37. The Hall–Kier alpha value is -4.98. The minimum absolute atomic E-state index is 0.0726. The number of nitrogens with one attached hydrogen (secondary N) is 1. The molecule has 296 valence electrons. The number of allylic oxidation sites excluding steroid dienone is 2. The molecule has 4 aromatic rings. The number of fused-ring (bicyclic) bond motifs is 1. The minimum atomic E-state index is -1.000. The van der Waals surface area contributed by atoms with E-state index in [1.54, 1.807) is 43.1 Å². The molecule has 3 aliphatic rings. The number of halogens is 4. The van der Waals surface area contributed by atoms with E-state index in [1.807, 2.05) is 0 Å². The van der Waals surface area contributed by atoms with Crippen LogP contribution >= 0.6 is 54.5 Å². The maximum absolute atomic E-state index is 13.6. The number of carboxylic acid groups (broad SMARTS) is 1. The minimum Gasteiger partial charge on any atom is -0.481 e. The number of amides is 1. The number of aliphatic imine (C=N–C) groups is 2. The highest BCUT2D eigenvalue weighted by Gasteiger charge is 2.43. The molecule has 1 amide bonds. The topological polar surface area (TPSA) is 173 Å². The number of nitrogens with zero attached hydrogens (tertiary/aromatic N) is 5. The zero-order valence-electron chi connectivity index (χ0n) is 30.1. The number of amidine groups is 2. The van der Waals surface area contributed by atoms with Crippen LogP contribution in [0, 0.1) is 11.6 Å². The molecule has 0 radical (unpaired) electrons. The summed E-state index contributed by atoms with van der Waals surface area (Å²) >= 11 is 9.42. The molecule has 5 heterocycles. The van der Waals surface area contributed by atoms with E-state index < -0.39 is 41.6 Å². The third-order valence-corrected chi connectivity index (χ3v) is 11.5. The van der Waals surface area contributed by atoms with E-state index in [2.05, 4.69) is 52.1 Å². The van der Waals surface area contributed by atoms with Crippen LogP contribution < -0.4 is 5.32 Å². The summed E-state index contributed by atoms with van der Waals surface area (Å²) in [5, 5.41) is 16.9. The summed E-state index contributed by atoms with van der Waals surface area (Å²) in [7, 11) is 0. The van der Waals surface area contributed by atoms with Crippen LogP contribution in [0.1, 0.15) is 72.8 Å². The number of carbonyl (C=O) groups excluding carboxylic acids is 3. The monoisotopic (exact) mass is 944 g/mol. The number of thiazole rings is 2. The molecule has 2 unspecified atom stereocenters. The van der Waals surface area contributed by atoms with Gasteiger partial charge in [0.15, 0.2) is 21.7 Å². The van der Waals surface area contributed by atoms with Gasteiger partial charge in [-0.05, 0) is 62.1 Å². The fraction of sp³-hybridized carbons (Fsp3) is 0.263.